The van der Waals surface area contributed by atoms with Gasteiger partial charge in [-0.15, -0.1) is 0 Å². The molecule has 0 atom stereocenters. The number of hydrogen-bond acceptors (Lipinski definition) is 2. The Kier molecular flexibility index (Phi) is 4.33. The summed E-state index contributed by atoms with van der Waals surface area (Å²) in [6.45, 7) is 10.7. The van der Waals surface area contributed by atoms with Crippen LogP contribution in [0.2, 0.25) is 0 Å². The lowest BCUT2D eigenvalue weighted by Crippen LogP contribution is -2.27. The number of ether oxygens (including phenoxy) is 1. The maximum absolute atomic E-state index is 11.4. The molecule has 2 heteroatoms. The molecule has 1 aromatic rings. The maximum atomic E-state index is 11.4. The SMILES string of the molecule is CC.CC(=O)c1cccc2c1OCCC2(C)C. The van der Waals surface area contributed by atoms with E-state index in [1.807, 2.05) is 26.0 Å². The topological polar surface area (TPSA) is 26.3 Å². The van der Waals surface area contributed by atoms with E-state index in [0.29, 0.717) is 12.2 Å². The molecule has 0 aromatic heterocycles. The minimum Gasteiger partial charge on any atom is -0.492 e. The molecule has 0 spiro atoms. The fourth-order valence-electron chi connectivity index (χ4n) is 2.05. The van der Waals surface area contributed by atoms with Gasteiger partial charge in [-0.1, -0.05) is 39.8 Å². The van der Waals surface area contributed by atoms with Crippen molar-refractivity contribution in [2.75, 3.05) is 6.61 Å². The Morgan fingerprint density at radius 3 is 2.53 bits per heavy atom. The Morgan fingerprint density at radius 2 is 1.94 bits per heavy atom. The van der Waals surface area contributed by atoms with Gasteiger partial charge in [0.2, 0.25) is 0 Å². The lowest BCUT2D eigenvalue weighted by molar-refractivity contribution is 0.101. The Labute approximate surface area is 104 Å². The first-order chi connectivity index (χ1) is 8.02. The molecule has 1 aliphatic heterocycles. The summed E-state index contributed by atoms with van der Waals surface area (Å²) in [5.41, 5.74) is 1.97. The van der Waals surface area contributed by atoms with E-state index in [9.17, 15) is 4.79 Å². The standard InChI is InChI=1S/C13H16O2.C2H6/c1-9(14)10-5-4-6-11-12(10)15-8-7-13(11,2)3;1-2/h4-6H,7-8H2,1-3H3;1-2H3. The number of ketones is 1. The predicted octanol–water partition coefficient (Wildman–Crippen LogP) is 3.98. The molecule has 1 aromatic carbocycles. The highest BCUT2D eigenvalue weighted by Gasteiger charge is 2.30. The van der Waals surface area contributed by atoms with Crippen LogP contribution >= 0.6 is 0 Å². The molecule has 0 aliphatic carbocycles. The summed E-state index contributed by atoms with van der Waals surface area (Å²) in [6, 6.07) is 5.83. The first kappa shape index (κ1) is 13.8. The normalized spacial score (nSPS) is 16.1. The Bertz CT molecular complexity index is 405. The van der Waals surface area contributed by atoms with E-state index in [2.05, 4.69) is 19.9 Å². The molecule has 0 bridgehead atoms. The molecular formula is C15H22O2. The summed E-state index contributed by atoms with van der Waals surface area (Å²) in [7, 11) is 0. The molecule has 1 aliphatic rings. The van der Waals surface area contributed by atoms with Crippen molar-refractivity contribution in [2.45, 2.75) is 46.5 Å². The van der Waals surface area contributed by atoms with Crippen LogP contribution in [0.5, 0.6) is 5.75 Å². The molecule has 0 saturated heterocycles. The first-order valence-electron chi connectivity index (χ1n) is 6.29. The van der Waals surface area contributed by atoms with Gasteiger partial charge in [0, 0.05) is 5.56 Å². The van der Waals surface area contributed by atoms with Crippen LogP contribution in [0.1, 0.15) is 57.0 Å². The third-order valence-electron chi connectivity index (χ3n) is 3.10. The molecule has 17 heavy (non-hydrogen) atoms. The van der Waals surface area contributed by atoms with Crippen LogP contribution in [0.4, 0.5) is 0 Å². The average molecular weight is 234 g/mol. The van der Waals surface area contributed by atoms with Gasteiger partial charge in [0.25, 0.3) is 0 Å². The zero-order valence-corrected chi connectivity index (χ0v) is 11.5. The van der Waals surface area contributed by atoms with Crippen molar-refractivity contribution in [3.63, 3.8) is 0 Å². The molecule has 0 radical (unpaired) electrons. The lowest BCUT2D eigenvalue weighted by Gasteiger charge is -2.33. The number of hydrogen-bond donors (Lipinski definition) is 0. The number of rotatable bonds is 1. The fourth-order valence-corrected chi connectivity index (χ4v) is 2.05. The summed E-state index contributed by atoms with van der Waals surface area (Å²) >= 11 is 0. The van der Waals surface area contributed by atoms with Gasteiger partial charge in [-0.3, -0.25) is 4.79 Å². The van der Waals surface area contributed by atoms with Crippen molar-refractivity contribution in [1.82, 2.24) is 0 Å². The van der Waals surface area contributed by atoms with Gasteiger partial charge in [-0.25, -0.2) is 0 Å². The van der Waals surface area contributed by atoms with Crippen LogP contribution in [-0.2, 0) is 5.41 Å². The zero-order valence-electron chi connectivity index (χ0n) is 11.5. The average Bonchev–Trinajstić information content (AvgIpc) is 2.30. The fraction of sp³-hybridized carbons (Fsp3) is 0.533. The van der Waals surface area contributed by atoms with Gasteiger partial charge >= 0.3 is 0 Å². The van der Waals surface area contributed by atoms with E-state index < -0.39 is 0 Å². The maximum Gasteiger partial charge on any atom is 0.163 e. The van der Waals surface area contributed by atoms with Gasteiger partial charge in [-0.2, -0.15) is 0 Å². The highest BCUT2D eigenvalue weighted by atomic mass is 16.5. The number of carbonyl (C=O) groups is 1. The molecule has 0 fully saturated rings. The van der Waals surface area contributed by atoms with Gasteiger partial charge in [-0.05, 0) is 24.8 Å². The number of carbonyl (C=O) groups excluding carboxylic acids is 1. The molecule has 2 nitrogen and oxygen atoms in total. The summed E-state index contributed by atoms with van der Waals surface area (Å²) in [6.07, 6.45) is 1.00. The minimum atomic E-state index is 0.0737. The van der Waals surface area contributed by atoms with E-state index in [-0.39, 0.29) is 11.2 Å². The second-order valence-electron chi connectivity index (χ2n) is 4.72. The van der Waals surface area contributed by atoms with Crippen LogP contribution in [0.3, 0.4) is 0 Å². The Morgan fingerprint density at radius 1 is 1.29 bits per heavy atom. The van der Waals surface area contributed by atoms with Crippen LogP contribution < -0.4 is 4.74 Å². The summed E-state index contributed by atoms with van der Waals surface area (Å²) in [5, 5.41) is 0. The first-order valence-corrected chi connectivity index (χ1v) is 6.29. The second kappa shape index (κ2) is 5.35. The van der Waals surface area contributed by atoms with Crippen LogP contribution in [0.25, 0.3) is 0 Å². The monoisotopic (exact) mass is 234 g/mol. The van der Waals surface area contributed by atoms with Gasteiger partial charge in [0.1, 0.15) is 5.75 Å². The van der Waals surface area contributed by atoms with Gasteiger partial charge < -0.3 is 4.74 Å². The van der Waals surface area contributed by atoms with Crippen molar-refractivity contribution in [1.29, 1.82) is 0 Å². The van der Waals surface area contributed by atoms with E-state index in [1.54, 1.807) is 6.92 Å². The van der Waals surface area contributed by atoms with E-state index in [0.717, 1.165) is 17.7 Å². The van der Waals surface area contributed by atoms with Crippen LogP contribution in [0.15, 0.2) is 18.2 Å². The Balaban J connectivity index is 0.000000686. The summed E-state index contributed by atoms with van der Waals surface area (Å²) < 4.78 is 5.63. The number of Topliss-reactive ketones (excluding diaryl/α,β-unsaturated/α-hetero) is 1. The number of benzene rings is 1. The Hall–Kier alpha value is -1.31. The molecular weight excluding hydrogens is 212 g/mol. The zero-order chi connectivity index (χ0) is 13.1. The summed E-state index contributed by atoms with van der Waals surface area (Å²) in [4.78, 5) is 11.4. The van der Waals surface area contributed by atoms with Crippen LogP contribution in [-0.4, -0.2) is 12.4 Å². The molecule has 0 unspecified atom stereocenters. The van der Waals surface area contributed by atoms with Crippen LogP contribution in [0, 0.1) is 0 Å². The highest BCUT2D eigenvalue weighted by molar-refractivity contribution is 5.97. The molecule has 94 valence electrons. The van der Waals surface area contributed by atoms with Crippen molar-refractivity contribution in [3.05, 3.63) is 29.3 Å². The third-order valence-corrected chi connectivity index (χ3v) is 3.10. The molecule has 0 saturated carbocycles. The van der Waals surface area contributed by atoms with E-state index >= 15 is 0 Å². The largest absolute Gasteiger partial charge is 0.492 e. The predicted molar refractivity (Wildman–Crippen MR) is 70.9 cm³/mol. The van der Waals surface area contributed by atoms with Gasteiger partial charge in [0.15, 0.2) is 5.78 Å². The molecule has 2 rings (SSSR count). The third kappa shape index (κ3) is 2.68. The van der Waals surface area contributed by atoms with Crippen molar-refractivity contribution >= 4 is 5.78 Å². The molecule has 1 heterocycles. The highest BCUT2D eigenvalue weighted by Crippen LogP contribution is 2.40. The minimum absolute atomic E-state index is 0.0737. The van der Waals surface area contributed by atoms with E-state index in [1.165, 1.54) is 0 Å². The van der Waals surface area contributed by atoms with Gasteiger partial charge in [0.05, 0.1) is 12.2 Å². The van der Waals surface area contributed by atoms with Crippen molar-refractivity contribution < 1.29 is 9.53 Å². The van der Waals surface area contributed by atoms with Crippen molar-refractivity contribution in [3.8, 4) is 5.75 Å². The summed E-state index contributed by atoms with van der Waals surface area (Å²) in [5.74, 6) is 0.866. The quantitative estimate of drug-likeness (QED) is 0.687. The number of para-hydroxylation sites is 1. The number of fused-ring (bicyclic) bond motifs is 1. The smallest absolute Gasteiger partial charge is 0.163 e. The molecule has 0 N–H and O–H groups in total. The lowest BCUT2D eigenvalue weighted by atomic mass is 9.79. The van der Waals surface area contributed by atoms with Crippen molar-refractivity contribution in [2.24, 2.45) is 0 Å². The van der Waals surface area contributed by atoms with E-state index in [4.69, 9.17) is 4.74 Å². The second-order valence-corrected chi connectivity index (χ2v) is 4.72. The molecule has 0 amide bonds.